The highest BCUT2D eigenvalue weighted by Gasteiger charge is 2.17. The lowest BCUT2D eigenvalue weighted by atomic mass is 10.2. The smallest absolute Gasteiger partial charge is 0.252 e. The van der Waals surface area contributed by atoms with E-state index >= 15 is 0 Å². The molecular weight excluding hydrogens is 471 g/mol. The summed E-state index contributed by atoms with van der Waals surface area (Å²) in [4.78, 5) is 30.8. The summed E-state index contributed by atoms with van der Waals surface area (Å²) in [7, 11) is 0. The normalized spacial score (nSPS) is 16.5. The van der Waals surface area contributed by atoms with Crippen LogP contribution in [0.1, 0.15) is 22.8 Å². The van der Waals surface area contributed by atoms with Gasteiger partial charge < -0.3 is 20.3 Å². The Morgan fingerprint density at radius 3 is 2.79 bits per heavy atom. The first-order valence-electron chi connectivity index (χ1n) is 9.14. The van der Waals surface area contributed by atoms with Crippen LogP contribution >= 0.6 is 22.6 Å². The molecule has 0 saturated carbocycles. The molecule has 3 rings (SSSR count). The first kappa shape index (κ1) is 20.5. The van der Waals surface area contributed by atoms with Gasteiger partial charge in [0.15, 0.2) is 0 Å². The molecule has 1 fully saturated rings. The number of hydrogen-bond acceptors (Lipinski definition) is 5. The third kappa shape index (κ3) is 5.65. The van der Waals surface area contributed by atoms with Gasteiger partial charge in [0.1, 0.15) is 5.82 Å². The average molecular weight is 494 g/mol. The quantitative estimate of drug-likeness (QED) is 0.601. The van der Waals surface area contributed by atoms with Crippen molar-refractivity contribution in [3.63, 3.8) is 0 Å². The number of halogens is 1. The van der Waals surface area contributed by atoms with Gasteiger partial charge in [-0.1, -0.05) is 18.2 Å². The molecule has 1 atom stereocenters. The van der Waals surface area contributed by atoms with E-state index in [9.17, 15) is 9.59 Å². The molecule has 148 valence electrons. The summed E-state index contributed by atoms with van der Waals surface area (Å²) < 4.78 is 6.39. The number of amides is 2. The maximum Gasteiger partial charge on any atom is 0.252 e. The largest absolute Gasteiger partial charge is 0.375 e. The summed E-state index contributed by atoms with van der Waals surface area (Å²) in [6.07, 6.45) is 1.96. The van der Waals surface area contributed by atoms with E-state index in [1.165, 1.54) is 0 Å². The summed E-state index contributed by atoms with van der Waals surface area (Å²) in [5, 5.41) is 5.44. The van der Waals surface area contributed by atoms with Gasteiger partial charge in [0.05, 0.1) is 24.8 Å². The Morgan fingerprint density at radius 1 is 1.25 bits per heavy atom. The monoisotopic (exact) mass is 494 g/mol. The van der Waals surface area contributed by atoms with Crippen LogP contribution in [0.2, 0.25) is 0 Å². The van der Waals surface area contributed by atoms with E-state index in [1.54, 1.807) is 18.3 Å². The predicted molar refractivity (Wildman–Crippen MR) is 115 cm³/mol. The minimum Gasteiger partial charge on any atom is -0.375 e. The van der Waals surface area contributed by atoms with E-state index in [0.717, 1.165) is 28.0 Å². The number of anilines is 1. The molecule has 1 saturated heterocycles. The van der Waals surface area contributed by atoms with Crippen LogP contribution in [0, 0.1) is 3.57 Å². The van der Waals surface area contributed by atoms with Crippen molar-refractivity contribution in [3.05, 3.63) is 57.3 Å². The van der Waals surface area contributed by atoms with Crippen LogP contribution < -0.4 is 15.5 Å². The Balaban J connectivity index is 1.44. The van der Waals surface area contributed by atoms with Crippen LogP contribution in [-0.4, -0.2) is 49.1 Å². The van der Waals surface area contributed by atoms with Crippen LogP contribution in [0.15, 0.2) is 42.6 Å². The van der Waals surface area contributed by atoms with Gasteiger partial charge in [-0.2, -0.15) is 0 Å². The Hall–Kier alpha value is -2.20. The van der Waals surface area contributed by atoms with Crippen LogP contribution in [0.3, 0.4) is 0 Å². The minimum atomic E-state index is -0.258. The van der Waals surface area contributed by atoms with Crippen molar-refractivity contribution in [2.45, 2.75) is 19.6 Å². The number of nitrogens with zero attached hydrogens (tertiary/aromatic N) is 2. The maximum absolute atomic E-state index is 12.1. The van der Waals surface area contributed by atoms with Gasteiger partial charge in [-0.15, -0.1) is 0 Å². The first-order chi connectivity index (χ1) is 13.5. The van der Waals surface area contributed by atoms with E-state index in [1.807, 2.05) is 31.2 Å². The molecule has 2 heterocycles. The van der Waals surface area contributed by atoms with Crippen LogP contribution in [0.5, 0.6) is 0 Å². The summed E-state index contributed by atoms with van der Waals surface area (Å²) >= 11 is 2.10. The molecule has 2 amide bonds. The van der Waals surface area contributed by atoms with Gasteiger partial charge in [0, 0.05) is 29.4 Å². The molecule has 0 spiro atoms. The number of aromatic nitrogens is 1. The van der Waals surface area contributed by atoms with Crippen molar-refractivity contribution in [1.82, 2.24) is 15.6 Å². The van der Waals surface area contributed by atoms with E-state index in [-0.39, 0.29) is 24.5 Å². The molecule has 0 aliphatic carbocycles. The molecule has 1 aliphatic heterocycles. The second-order valence-corrected chi connectivity index (χ2v) is 7.75. The van der Waals surface area contributed by atoms with Crippen molar-refractivity contribution in [1.29, 1.82) is 0 Å². The Bertz CT molecular complexity index is 828. The van der Waals surface area contributed by atoms with E-state index in [0.29, 0.717) is 18.7 Å². The lowest BCUT2D eigenvalue weighted by molar-refractivity contribution is -0.120. The molecule has 28 heavy (non-hydrogen) atoms. The van der Waals surface area contributed by atoms with Gasteiger partial charge in [-0.05, 0) is 53.3 Å². The zero-order valence-electron chi connectivity index (χ0n) is 15.7. The molecule has 8 heteroatoms. The Morgan fingerprint density at radius 2 is 2.07 bits per heavy atom. The Kier molecular flexibility index (Phi) is 7.21. The SMILES string of the molecule is CC1CN(c2ccc(CNC(=O)CNC(=O)c3ccccc3I)cn2)CCO1. The Labute approximate surface area is 178 Å². The average Bonchev–Trinajstić information content (AvgIpc) is 2.71. The third-order valence-electron chi connectivity index (χ3n) is 4.39. The molecule has 0 bridgehead atoms. The van der Waals surface area contributed by atoms with Crippen molar-refractivity contribution in [3.8, 4) is 0 Å². The number of hydrogen-bond donors (Lipinski definition) is 2. The van der Waals surface area contributed by atoms with Crippen LogP contribution in [0.4, 0.5) is 5.82 Å². The summed E-state index contributed by atoms with van der Waals surface area (Å²) in [5.74, 6) is 0.409. The number of ether oxygens (including phenoxy) is 1. The number of carbonyl (C=O) groups excluding carboxylic acids is 2. The molecule has 1 aliphatic rings. The van der Waals surface area contributed by atoms with Crippen LogP contribution in [0.25, 0.3) is 0 Å². The standard InChI is InChI=1S/C20H23IN4O3/c1-14-13-25(8-9-28-14)18-7-6-15(10-22-18)11-23-19(26)12-24-20(27)16-4-2-3-5-17(16)21/h2-7,10,14H,8-9,11-13H2,1H3,(H,23,26)(H,24,27). The zero-order valence-corrected chi connectivity index (χ0v) is 17.8. The predicted octanol–water partition coefficient (Wildman–Crippen LogP) is 1.96. The number of rotatable bonds is 6. The van der Waals surface area contributed by atoms with E-state index in [2.05, 4.69) is 43.1 Å². The fourth-order valence-corrected chi connectivity index (χ4v) is 3.53. The molecular formula is C20H23IN4O3. The zero-order chi connectivity index (χ0) is 19.9. The second kappa shape index (κ2) is 9.83. The van der Waals surface area contributed by atoms with Gasteiger partial charge in [-0.3, -0.25) is 9.59 Å². The summed E-state index contributed by atoms with van der Waals surface area (Å²) in [5.41, 5.74) is 1.47. The molecule has 0 radical (unpaired) electrons. The van der Waals surface area contributed by atoms with Gasteiger partial charge in [0.2, 0.25) is 5.91 Å². The van der Waals surface area contributed by atoms with Crippen LogP contribution in [-0.2, 0) is 16.1 Å². The fourth-order valence-electron chi connectivity index (χ4n) is 2.90. The van der Waals surface area contributed by atoms with E-state index in [4.69, 9.17) is 4.74 Å². The number of pyridine rings is 1. The highest BCUT2D eigenvalue weighted by atomic mass is 127. The lowest BCUT2D eigenvalue weighted by Gasteiger charge is -2.32. The van der Waals surface area contributed by atoms with Crippen molar-refractivity contribution < 1.29 is 14.3 Å². The number of benzene rings is 1. The van der Waals surface area contributed by atoms with Gasteiger partial charge >= 0.3 is 0 Å². The lowest BCUT2D eigenvalue weighted by Crippen LogP contribution is -2.41. The summed E-state index contributed by atoms with van der Waals surface area (Å²) in [6.45, 7) is 4.70. The summed E-state index contributed by atoms with van der Waals surface area (Å²) in [6, 6.07) is 11.2. The number of carbonyl (C=O) groups is 2. The highest BCUT2D eigenvalue weighted by molar-refractivity contribution is 14.1. The molecule has 2 aromatic rings. The number of nitrogens with one attached hydrogen (secondary N) is 2. The molecule has 2 N–H and O–H groups in total. The second-order valence-electron chi connectivity index (χ2n) is 6.59. The van der Waals surface area contributed by atoms with Crippen molar-refractivity contribution in [2.24, 2.45) is 0 Å². The highest BCUT2D eigenvalue weighted by Crippen LogP contribution is 2.15. The number of morpholine rings is 1. The molecule has 1 aromatic heterocycles. The maximum atomic E-state index is 12.1. The fraction of sp³-hybridized carbons (Fsp3) is 0.350. The molecule has 1 unspecified atom stereocenters. The van der Waals surface area contributed by atoms with Crippen molar-refractivity contribution >= 4 is 40.2 Å². The molecule has 1 aromatic carbocycles. The van der Waals surface area contributed by atoms with Crippen molar-refractivity contribution in [2.75, 3.05) is 31.1 Å². The molecule has 7 nitrogen and oxygen atoms in total. The minimum absolute atomic E-state index is 0.0685. The van der Waals surface area contributed by atoms with Gasteiger partial charge in [0.25, 0.3) is 5.91 Å². The van der Waals surface area contributed by atoms with E-state index < -0.39 is 0 Å². The topological polar surface area (TPSA) is 83.6 Å². The first-order valence-corrected chi connectivity index (χ1v) is 10.2. The van der Waals surface area contributed by atoms with Gasteiger partial charge in [-0.25, -0.2) is 4.98 Å². The third-order valence-corrected chi connectivity index (χ3v) is 5.33.